The third-order valence-corrected chi connectivity index (χ3v) is 13.2. The van der Waals surface area contributed by atoms with Gasteiger partial charge in [0.2, 0.25) is 0 Å². The van der Waals surface area contributed by atoms with E-state index < -0.39 is 8.07 Å². The normalized spacial score (nSPS) is 12.9. The molecule has 8 aromatic rings. The van der Waals surface area contributed by atoms with Gasteiger partial charge in [-0.1, -0.05) is 147 Å². The van der Waals surface area contributed by atoms with Crippen molar-refractivity contribution in [1.29, 1.82) is 0 Å². The van der Waals surface area contributed by atoms with Crippen molar-refractivity contribution in [3.05, 3.63) is 158 Å². The highest BCUT2D eigenvalue weighted by molar-refractivity contribution is 7.04. The third kappa shape index (κ3) is 4.98. The Hall–Kier alpha value is -6.04. The van der Waals surface area contributed by atoms with Crippen LogP contribution in [0, 0.1) is 0 Å². The highest BCUT2D eigenvalue weighted by atomic mass is 28.3. The molecule has 1 aliphatic heterocycles. The van der Waals surface area contributed by atoms with E-state index in [1.54, 1.807) is 0 Å². The Morgan fingerprint density at radius 1 is 0.367 bits per heavy atom. The summed E-state index contributed by atoms with van der Waals surface area (Å²) in [7, 11) is -2.02. The molecule has 0 saturated carbocycles. The number of fused-ring (bicyclic) bond motifs is 4. The van der Waals surface area contributed by atoms with Gasteiger partial charge in [0.15, 0.2) is 5.82 Å². The quantitative estimate of drug-likeness (QED) is 0.175. The summed E-state index contributed by atoms with van der Waals surface area (Å²) >= 11 is 0. The smallest absolute Gasteiger partial charge is 0.160 e. The number of nitrogens with zero attached hydrogens (tertiary/aromatic N) is 4. The van der Waals surface area contributed by atoms with Gasteiger partial charge in [0.25, 0.3) is 0 Å². The number of para-hydroxylation sites is 2. The molecule has 232 valence electrons. The van der Waals surface area contributed by atoms with Crippen LogP contribution < -0.4 is 10.4 Å². The number of benzene rings is 6. The molecule has 0 bridgehead atoms. The summed E-state index contributed by atoms with van der Waals surface area (Å²) in [5.41, 5.74) is 13.2. The molecule has 5 heteroatoms. The molecule has 0 aliphatic carbocycles. The highest BCUT2D eigenvalue weighted by Gasteiger charge is 2.41. The first kappa shape index (κ1) is 29.1. The van der Waals surface area contributed by atoms with Gasteiger partial charge in [0.05, 0.1) is 33.8 Å². The van der Waals surface area contributed by atoms with Gasteiger partial charge in [-0.2, -0.15) is 0 Å². The fraction of sp³-hybridized carbons (Fsp3) is 0.0455. The Morgan fingerprint density at radius 3 is 1.51 bits per heavy atom. The highest BCUT2D eigenvalue weighted by Crippen LogP contribution is 2.36. The molecule has 1 aliphatic rings. The maximum absolute atomic E-state index is 5.34. The summed E-state index contributed by atoms with van der Waals surface area (Å²) in [6, 6.07) is 54.9. The molecular formula is C44H32N4Si. The van der Waals surface area contributed by atoms with Crippen LogP contribution in [0.1, 0.15) is 0 Å². The van der Waals surface area contributed by atoms with Crippen LogP contribution in [0.2, 0.25) is 13.1 Å². The Labute approximate surface area is 286 Å². The van der Waals surface area contributed by atoms with Crippen molar-refractivity contribution in [3.63, 3.8) is 0 Å². The molecule has 0 radical (unpaired) electrons. The zero-order valence-electron chi connectivity index (χ0n) is 27.3. The van der Waals surface area contributed by atoms with Crippen LogP contribution in [0.15, 0.2) is 158 Å². The van der Waals surface area contributed by atoms with E-state index >= 15 is 0 Å². The molecule has 2 aromatic heterocycles. The molecule has 6 aromatic carbocycles. The fourth-order valence-electron chi connectivity index (χ4n) is 7.23. The van der Waals surface area contributed by atoms with Crippen LogP contribution in [-0.4, -0.2) is 28.0 Å². The van der Waals surface area contributed by atoms with Crippen molar-refractivity contribution in [2.45, 2.75) is 13.1 Å². The lowest BCUT2D eigenvalue weighted by Crippen LogP contribution is -2.50. The maximum Gasteiger partial charge on any atom is 0.160 e. The molecule has 0 amide bonds. The standard InChI is InChI=1S/C44H32N4Si/c1-49(2)38-26-12-9-23-35(38)42-43(49)41(30-17-7-4-8-18-30)47-44(48-42)34-22-14-20-32(28-34)31-19-13-21-33(27-31)40-39(29-15-5-3-6-16-29)45-36-24-10-11-25-37(36)46-40/h3-28H,1-2H3. The largest absolute Gasteiger partial charge is 0.244 e. The summed E-state index contributed by atoms with van der Waals surface area (Å²) < 4.78 is 0. The number of aromatic nitrogens is 4. The van der Waals surface area contributed by atoms with E-state index in [-0.39, 0.29) is 0 Å². The summed E-state index contributed by atoms with van der Waals surface area (Å²) in [6.07, 6.45) is 0. The van der Waals surface area contributed by atoms with Crippen LogP contribution in [0.3, 0.4) is 0 Å². The van der Waals surface area contributed by atoms with E-state index in [2.05, 4.69) is 128 Å². The molecule has 0 spiro atoms. The van der Waals surface area contributed by atoms with Crippen molar-refractivity contribution >= 4 is 29.5 Å². The topological polar surface area (TPSA) is 51.6 Å². The minimum absolute atomic E-state index is 0.740. The minimum atomic E-state index is -2.02. The van der Waals surface area contributed by atoms with Crippen LogP contribution in [0.4, 0.5) is 0 Å². The molecule has 0 fully saturated rings. The zero-order valence-corrected chi connectivity index (χ0v) is 28.3. The Bertz CT molecular complexity index is 2530. The summed E-state index contributed by atoms with van der Waals surface area (Å²) in [5, 5.41) is 2.74. The first-order valence-corrected chi connectivity index (χ1v) is 19.7. The fourth-order valence-corrected chi connectivity index (χ4v) is 10.5. The summed E-state index contributed by atoms with van der Waals surface area (Å²) in [5.74, 6) is 0.740. The average molecular weight is 645 g/mol. The van der Waals surface area contributed by atoms with Crippen LogP contribution >= 0.6 is 0 Å². The molecular weight excluding hydrogens is 613 g/mol. The second-order valence-electron chi connectivity index (χ2n) is 13.1. The average Bonchev–Trinajstić information content (AvgIpc) is 3.40. The molecule has 49 heavy (non-hydrogen) atoms. The maximum atomic E-state index is 5.34. The molecule has 4 nitrogen and oxygen atoms in total. The van der Waals surface area contributed by atoms with Crippen molar-refractivity contribution < 1.29 is 0 Å². The van der Waals surface area contributed by atoms with Gasteiger partial charge in [0.1, 0.15) is 8.07 Å². The monoisotopic (exact) mass is 644 g/mol. The van der Waals surface area contributed by atoms with Crippen LogP contribution in [-0.2, 0) is 0 Å². The van der Waals surface area contributed by atoms with E-state index in [1.807, 2.05) is 42.5 Å². The van der Waals surface area contributed by atoms with Gasteiger partial charge in [0, 0.05) is 22.3 Å². The van der Waals surface area contributed by atoms with Crippen molar-refractivity contribution in [1.82, 2.24) is 19.9 Å². The van der Waals surface area contributed by atoms with Crippen molar-refractivity contribution in [3.8, 4) is 67.5 Å². The predicted octanol–water partition coefficient (Wildman–Crippen LogP) is 9.56. The molecule has 0 N–H and O–H groups in total. The van der Waals surface area contributed by atoms with Gasteiger partial charge in [-0.05, 0) is 51.3 Å². The van der Waals surface area contributed by atoms with E-state index in [1.165, 1.54) is 15.9 Å². The number of rotatable bonds is 5. The summed E-state index contributed by atoms with van der Waals surface area (Å²) in [4.78, 5) is 20.9. The second-order valence-corrected chi connectivity index (χ2v) is 17.4. The van der Waals surface area contributed by atoms with E-state index in [9.17, 15) is 0 Å². The second kappa shape index (κ2) is 11.6. The van der Waals surface area contributed by atoms with Gasteiger partial charge in [-0.25, -0.2) is 19.9 Å². The Kier molecular flexibility index (Phi) is 6.88. The lowest BCUT2D eigenvalue weighted by Gasteiger charge is -2.21. The lowest BCUT2D eigenvalue weighted by molar-refractivity contribution is 1.20. The molecule has 9 rings (SSSR count). The molecule has 3 heterocycles. The van der Waals surface area contributed by atoms with Gasteiger partial charge in [-0.15, -0.1) is 0 Å². The third-order valence-electron chi connectivity index (χ3n) is 9.64. The lowest BCUT2D eigenvalue weighted by atomic mass is 9.97. The molecule has 0 saturated heterocycles. The van der Waals surface area contributed by atoms with Crippen LogP contribution in [0.5, 0.6) is 0 Å². The first-order valence-electron chi connectivity index (χ1n) is 16.7. The van der Waals surface area contributed by atoms with Gasteiger partial charge in [-0.3, -0.25) is 0 Å². The van der Waals surface area contributed by atoms with E-state index in [4.69, 9.17) is 19.9 Å². The molecule has 0 atom stereocenters. The Balaban J connectivity index is 1.18. The van der Waals surface area contributed by atoms with Gasteiger partial charge >= 0.3 is 0 Å². The van der Waals surface area contributed by atoms with Crippen molar-refractivity contribution in [2.24, 2.45) is 0 Å². The van der Waals surface area contributed by atoms with Gasteiger partial charge < -0.3 is 0 Å². The minimum Gasteiger partial charge on any atom is -0.244 e. The number of hydrogen-bond donors (Lipinski definition) is 0. The number of hydrogen-bond acceptors (Lipinski definition) is 4. The van der Waals surface area contributed by atoms with Crippen LogP contribution in [0.25, 0.3) is 78.6 Å². The van der Waals surface area contributed by atoms with E-state index in [0.29, 0.717) is 0 Å². The van der Waals surface area contributed by atoms with Crippen molar-refractivity contribution in [2.75, 3.05) is 0 Å². The Morgan fingerprint density at radius 2 is 0.837 bits per heavy atom. The SMILES string of the molecule is C[Si]1(C)c2ccccc2-c2nc(-c3cccc(-c4cccc(-c5nc6ccccc6nc5-c5ccccc5)c4)c3)nc(-c3ccccc3)c21. The summed E-state index contributed by atoms with van der Waals surface area (Å²) in [6.45, 7) is 4.84. The predicted molar refractivity (Wildman–Crippen MR) is 204 cm³/mol. The first-order chi connectivity index (χ1) is 24.0. The van der Waals surface area contributed by atoms with E-state index in [0.717, 1.165) is 73.0 Å². The molecule has 0 unspecified atom stereocenters. The zero-order chi connectivity index (χ0) is 33.0.